The first-order valence-electron chi connectivity index (χ1n) is 8.46. The van der Waals surface area contributed by atoms with Gasteiger partial charge in [-0.2, -0.15) is 0 Å². The van der Waals surface area contributed by atoms with Crippen LogP contribution in [-0.4, -0.2) is 39.1 Å². The van der Waals surface area contributed by atoms with Crippen LogP contribution in [0.15, 0.2) is 53.5 Å². The molecule has 1 aromatic heterocycles. The molecule has 0 unspecified atom stereocenters. The molecule has 0 aliphatic carbocycles. The number of carboxylic acids is 1. The Morgan fingerprint density at radius 2 is 1.71 bits per heavy atom. The molecule has 0 amide bonds. The van der Waals surface area contributed by atoms with Crippen molar-refractivity contribution in [3.05, 3.63) is 70.9 Å². The molecule has 3 aromatic rings. The van der Waals surface area contributed by atoms with Crippen molar-refractivity contribution in [3.63, 3.8) is 0 Å². The first-order valence-corrected chi connectivity index (χ1v) is 8.46. The number of hydrogen-bond acceptors (Lipinski definition) is 6. The van der Waals surface area contributed by atoms with E-state index in [0.29, 0.717) is 34.0 Å². The molecule has 1 aliphatic rings. The maximum atomic E-state index is 12.0. The average molecular weight is 376 g/mol. The predicted octanol–water partition coefficient (Wildman–Crippen LogP) is 3.22. The second kappa shape index (κ2) is 6.70. The largest absolute Gasteiger partial charge is 0.504 e. The van der Waals surface area contributed by atoms with E-state index in [9.17, 15) is 20.1 Å². The minimum Gasteiger partial charge on any atom is -0.504 e. The molecule has 7 heteroatoms. The highest BCUT2D eigenvalue weighted by Gasteiger charge is 2.27. The standard InChI is InChI=1S/C21H16N2O5/c1-28-13-5-2-11(3-6-13)20-19-14(21(26)27)9-15(23-16(19)10-22-20)12-4-7-17(24)18(25)8-12/h2-9,24-25H,10H2,1H3,(H,26,27). The number of nitrogens with zero attached hydrogens (tertiary/aromatic N) is 2. The van der Waals surface area contributed by atoms with Gasteiger partial charge in [0.05, 0.1) is 36.3 Å². The summed E-state index contributed by atoms with van der Waals surface area (Å²) in [6.07, 6.45) is 0. The number of aromatic nitrogens is 1. The van der Waals surface area contributed by atoms with Crippen molar-refractivity contribution in [2.24, 2.45) is 4.99 Å². The highest BCUT2D eigenvalue weighted by molar-refractivity contribution is 6.19. The molecule has 0 bridgehead atoms. The van der Waals surface area contributed by atoms with Gasteiger partial charge in [-0.25, -0.2) is 4.79 Å². The fourth-order valence-electron chi connectivity index (χ4n) is 3.19. The number of aromatic carboxylic acids is 1. The summed E-state index contributed by atoms with van der Waals surface area (Å²) in [5.41, 5.74) is 3.36. The van der Waals surface area contributed by atoms with Gasteiger partial charge in [-0.3, -0.25) is 9.98 Å². The fraction of sp³-hybridized carbons (Fsp3) is 0.0952. The zero-order valence-corrected chi connectivity index (χ0v) is 14.9. The fourth-order valence-corrected chi connectivity index (χ4v) is 3.19. The molecule has 0 atom stereocenters. The number of pyridine rings is 1. The topological polar surface area (TPSA) is 112 Å². The lowest BCUT2D eigenvalue weighted by Gasteiger charge is -2.11. The molecule has 0 fully saturated rings. The SMILES string of the molecule is COc1ccc(C2=NCc3nc(-c4ccc(O)c(O)c4)cc(C(=O)O)c32)cc1. The van der Waals surface area contributed by atoms with E-state index in [1.54, 1.807) is 25.3 Å². The number of carboxylic acid groups (broad SMARTS) is 1. The molecule has 0 radical (unpaired) electrons. The monoisotopic (exact) mass is 376 g/mol. The summed E-state index contributed by atoms with van der Waals surface area (Å²) in [6.45, 7) is 0.259. The van der Waals surface area contributed by atoms with E-state index in [4.69, 9.17) is 4.74 Å². The molecule has 0 saturated heterocycles. The van der Waals surface area contributed by atoms with Crippen molar-refractivity contribution in [1.82, 2.24) is 4.98 Å². The summed E-state index contributed by atoms with van der Waals surface area (Å²) >= 11 is 0. The van der Waals surface area contributed by atoms with E-state index >= 15 is 0 Å². The molecule has 1 aliphatic heterocycles. The van der Waals surface area contributed by atoms with Crippen molar-refractivity contribution in [3.8, 4) is 28.5 Å². The molecule has 3 N–H and O–H groups in total. The Balaban J connectivity index is 1.83. The molecule has 0 spiro atoms. The zero-order valence-electron chi connectivity index (χ0n) is 14.9. The van der Waals surface area contributed by atoms with Crippen molar-refractivity contribution in [2.75, 3.05) is 7.11 Å². The number of hydrogen-bond donors (Lipinski definition) is 3. The maximum absolute atomic E-state index is 12.0. The number of fused-ring (bicyclic) bond motifs is 1. The maximum Gasteiger partial charge on any atom is 0.336 e. The Labute approximate surface area is 160 Å². The highest BCUT2D eigenvalue weighted by Crippen LogP contribution is 2.33. The van der Waals surface area contributed by atoms with Crippen LogP contribution in [0, 0.1) is 0 Å². The van der Waals surface area contributed by atoms with Crippen LogP contribution in [0.1, 0.15) is 27.2 Å². The molecule has 28 heavy (non-hydrogen) atoms. The number of phenols is 2. The van der Waals surface area contributed by atoms with Crippen LogP contribution in [-0.2, 0) is 6.54 Å². The summed E-state index contributed by atoms with van der Waals surface area (Å²) in [6, 6.07) is 12.9. The zero-order chi connectivity index (χ0) is 19.8. The van der Waals surface area contributed by atoms with Crippen LogP contribution in [0.4, 0.5) is 0 Å². The van der Waals surface area contributed by atoms with Gasteiger partial charge in [-0.05, 0) is 48.5 Å². The van der Waals surface area contributed by atoms with Gasteiger partial charge in [0.15, 0.2) is 11.5 Å². The second-order valence-corrected chi connectivity index (χ2v) is 6.28. The van der Waals surface area contributed by atoms with Crippen molar-refractivity contribution < 1.29 is 24.9 Å². The molecule has 7 nitrogen and oxygen atoms in total. The van der Waals surface area contributed by atoms with Gasteiger partial charge in [0.2, 0.25) is 0 Å². The minimum atomic E-state index is -1.09. The third-order valence-electron chi connectivity index (χ3n) is 4.58. The van der Waals surface area contributed by atoms with Crippen LogP contribution >= 0.6 is 0 Å². The number of phenolic OH excluding ortho intramolecular Hbond substituents is 2. The van der Waals surface area contributed by atoms with E-state index in [1.807, 2.05) is 12.1 Å². The average Bonchev–Trinajstić information content (AvgIpc) is 3.13. The number of methoxy groups -OCH3 is 1. The predicted molar refractivity (Wildman–Crippen MR) is 102 cm³/mol. The summed E-state index contributed by atoms with van der Waals surface area (Å²) in [4.78, 5) is 21.0. The number of aromatic hydroxyl groups is 2. The number of benzene rings is 2. The Bertz CT molecular complexity index is 1120. The Hall–Kier alpha value is -3.87. The van der Waals surface area contributed by atoms with Gasteiger partial charge >= 0.3 is 5.97 Å². The van der Waals surface area contributed by atoms with Crippen LogP contribution in [0.2, 0.25) is 0 Å². The van der Waals surface area contributed by atoms with Crippen molar-refractivity contribution in [2.45, 2.75) is 6.54 Å². The van der Waals surface area contributed by atoms with Crippen molar-refractivity contribution in [1.29, 1.82) is 0 Å². The summed E-state index contributed by atoms with van der Waals surface area (Å²) in [5, 5.41) is 29.0. The van der Waals surface area contributed by atoms with E-state index < -0.39 is 5.97 Å². The van der Waals surface area contributed by atoms with Crippen LogP contribution < -0.4 is 4.74 Å². The second-order valence-electron chi connectivity index (χ2n) is 6.28. The first-order chi connectivity index (χ1) is 13.5. The third-order valence-corrected chi connectivity index (χ3v) is 4.58. The third kappa shape index (κ3) is 2.92. The van der Waals surface area contributed by atoms with Gasteiger partial charge in [-0.15, -0.1) is 0 Å². The first kappa shape index (κ1) is 17.5. The van der Waals surface area contributed by atoms with Crippen LogP contribution in [0.25, 0.3) is 11.3 Å². The van der Waals surface area contributed by atoms with E-state index in [2.05, 4.69) is 9.98 Å². The smallest absolute Gasteiger partial charge is 0.336 e. The normalized spacial score (nSPS) is 12.4. The molecule has 2 heterocycles. The molecule has 2 aromatic carbocycles. The van der Waals surface area contributed by atoms with E-state index in [-0.39, 0.29) is 23.6 Å². The van der Waals surface area contributed by atoms with Gasteiger partial charge in [0.1, 0.15) is 5.75 Å². The summed E-state index contributed by atoms with van der Waals surface area (Å²) in [7, 11) is 1.58. The Morgan fingerprint density at radius 3 is 2.36 bits per heavy atom. The van der Waals surface area contributed by atoms with Crippen molar-refractivity contribution >= 4 is 11.7 Å². The quantitative estimate of drug-likeness (QED) is 0.603. The lowest BCUT2D eigenvalue weighted by molar-refractivity contribution is 0.0696. The van der Waals surface area contributed by atoms with Gasteiger partial charge in [0, 0.05) is 16.7 Å². The molecular weight excluding hydrogens is 360 g/mol. The molecular formula is C21H16N2O5. The number of rotatable bonds is 4. The summed E-state index contributed by atoms with van der Waals surface area (Å²) in [5.74, 6) is -0.951. The molecule has 140 valence electrons. The van der Waals surface area contributed by atoms with E-state index in [1.165, 1.54) is 18.2 Å². The van der Waals surface area contributed by atoms with E-state index in [0.717, 1.165) is 5.56 Å². The van der Waals surface area contributed by atoms with Gasteiger partial charge in [-0.1, -0.05) is 0 Å². The lowest BCUT2D eigenvalue weighted by Crippen LogP contribution is -2.11. The van der Waals surface area contributed by atoms with Gasteiger partial charge < -0.3 is 20.1 Å². The molecule has 4 rings (SSSR count). The molecule has 0 saturated carbocycles. The number of ether oxygens (including phenoxy) is 1. The minimum absolute atomic E-state index is 0.0830. The number of carbonyl (C=O) groups is 1. The van der Waals surface area contributed by atoms with Crippen LogP contribution in [0.5, 0.6) is 17.2 Å². The highest BCUT2D eigenvalue weighted by atomic mass is 16.5. The van der Waals surface area contributed by atoms with Gasteiger partial charge in [0.25, 0.3) is 0 Å². The lowest BCUT2D eigenvalue weighted by atomic mass is 9.96. The van der Waals surface area contributed by atoms with Crippen LogP contribution in [0.3, 0.4) is 0 Å². The number of aliphatic imine (C=N–C) groups is 1. The Kier molecular flexibility index (Phi) is 4.19. The summed E-state index contributed by atoms with van der Waals surface area (Å²) < 4.78 is 5.16. The Morgan fingerprint density at radius 1 is 1.00 bits per heavy atom.